The predicted octanol–water partition coefficient (Wildman–Crippen LogP) is 3.72. The standard InChI is InChI=1S/C14H11BrFNO/c1-9-2-3-13(16)12(4-9)14(18)6-10-5-11(15)8-17-7-10/h2-5,7-8H,6H2,1H3. The molecule has 0 bridgehead atoms. The van der Waals surface area contributed by atoms with E-state index in [1.54, 1.807) is 30.6 Å². The molecule has 0 saturated carbocycles. The van der Waals surface area contributed by atoms with Crippen LogP contribution in [-0.4, -0.2) is 10.8 Å². The lowest BCUT2D eigenvalue weighted by molar-refractivity contribution is 0.0989. The van der Waals surface area contributed by atoms with Gasteiger partial charge in [-0.1, -0.05) is 11.6 Å². The lowest BCUT2D eigenvalue weighted by atomic mass is 10.0. The quantitative estimate of drug-likeness (QED) is 0.809. The van der Waals surface area contributed by atoms with Crippen molar-refractivity contribution in [2.45, 2.75) is 13.3 Å². The van der Waals surface area contributed by atoms with E-state index in [1.807, 2.05) is 6.92 Å². The first-order chi connectivity index (χ1) is 8.56. The van der Waals surface area contributed by atoms with E-state index in [9.17, 15) is 9.18 Å². The van der Waals surface area contributed by atoms with Gasteiger partial charge in [-0.15, -0.1) is 0 Å². The van der Waals surface area contributed by atoms with Crippen molar-refractivity contribution in [3.63, 3.8) is 0 Å². The van der Waals surface area contributed by atoms with Gasteiger partial charge in [-0.25, -0.2) is 4.39 Å². The van der Waals surface area contributed by atoms with Crippen LogP contribution >= 0.6 is 15.9 Å². The van der Waals surface area contributed by atoms with Gasteiger partial charge in [0.05, 0.1) is 5.56 Å². The molecule has 2 aromatic rings. The third kappa shape index (κ3) is 3.01. The van der Waals surface area contributed by atoms with E-state index >= 15 is 0 Å². The summed E-state index contributed by atoms with van der Waals surface area (Å²) >= 11 is 3.29. The number of aromatic nitrogens is 1. The molecule has 0 saturated heterocycles. The van der Waals surface area contributed by atoms with Crippen LogP contribution in [0.4, 0.5) is 4.39 Å². The molecule has 92 valence electrons. The predicted molar refractivity (Wildman–Crippen MR) is 71.1 cm³/mol. The summed E-state index contributed by atoms with van der Waals surface area (Å²) in [6.07, 6.45) is 3.39. The Kier molecular flexibility index (Phi) is 3.87. The SMILES string of the molecule is Cc1ccc(F)c(C(=O)Cc2cncc(Br)c2)c1. The summed E-state index contributed by atoms with van der Waals surface area (Å²) in [5.41, 5.74) is 1.76. The maximum atomic E-state index is 13.6. The number of halogens is 2. The fraction of sp³-hybridized carbons (Fsp3) is 0.143. The van der Waals surface area contributed by atoms with Crippen LogP contribution in [0, 0.1) is 12.7 Å². The molecule has 0 N–H and O–H groups in total. The van der Waals surface area contributed by atoms with Gasteiger partial charge in [-0.2, -0.15) is 0 Å². The van der Waals surface area contributed by atoms with E-state index in [-0.39, 0.29) is 17.8 Å². The second-order valence-electron chi connectivity index (χ2n) is 4.09. The molecule has 0 aliphatic rings. The van der Waals surface area contributed by atoms with Gasteiger partial charge in [0.15, 0.2) is 5.78 Å². The normalized spacial score (nSPS) is 10.4. The second kappa shape index (κ2) is 5.40. The Bertz CT molecular complexity index is 598. The average Bonchev–Trinajstić information content (AvgIpc) is 2.32. The Hall–Kier alpha value is -1.55. The van der Waals surface area contributed by atoms with E-state index < -0.39 is 5.82 Å². The molecular formula is C14H11BrFNO. The molecule has 0 aliphatic heterocycles. The van der Waals surface area contributed by atoms with Crippen LogP contribution in [0.2, 0.25) is 0 Å². The fourth-order valence-corrected chi connectivity index (χ4v) is 2.10. The molecule has 1 aromatic heterocycles. The molecular weight excluding hydrogens is 297 g/mol. The monoisotopic (exact) mass is 307 g/mol. The minimum atomic E-state index is -0.478. The Balaban J connectivity index is 2.24. The number of hydrogen-bond acceptors (Lipinski definition) is 2. The number of carbonyl (C=O) groups excluding carboxylic acids is 1. The number of rotatable bonds is 3. The Morgan fingerprint density at radius 2 is 2.11 bits per heavy atom. The summed E-state index contributed by atoms with van der Waals surface area (Å²) in [7, 11) is 0. The average molecular weight is 308 g/mol. The zero-order valence-electron chi connectivity index (χ0n) is 9.78. The number of carbonyl (C=O) groups is 1. The van der Waals surface area contributed by atoms with E-state index in [2.05, 4.69) is 20.9 Å². The van der Waals surface area contributed by atoms with Crippen molar-refractivity contribution in [2.75, 3.05) is 0 Å². The van der Waals surface area contributed by atoms with Crippen molar-refractivity contribution < 1.29 is 9.18 Å². The number of pyridine rings is 1. The fourth-order valence-electron chi connectivity index (χ4n) is 1.69. The second-order valence-corrected chi connectivity index (χ2v) is 5.01. The molecule has 0 fully saturated rings. The van der Waals surface area contributed by atoms with Crippen LogP contribution in [0.3, 0.4) is 0 Å². The molecule has 0 atom stereocenters. The highest BCUT2D eigenvalue weighted by molar-refractivity contribution is 9.10. The van der Waals surface area contributed by atoms with Crippen LogP contribution in [0.15, 0.2) is 41.1 Å². The Morgan fingerprint density at radius 3 is 2.83 bits per heavy atom. The van der Waals surface area contributed by atoms with Crippen LogP contribution in [-0.2, 0) is 6.42 Å². The van der Waals surface area contributed by atoms with Gasteiger partial charge in [0, 0.05) is 23.3 Å². The number of aryl methyl sites for hydroxylation is 1. The first kappa shape index (κ1) is 12.9. The van der Waals surface area contributed by atoms with Crippen LogP contribution in [0.25, 0.3) is 0 Å². The summed E-state index contributed by atoms with van der Waals surface area (Å²) in [6.45, 7) is 1.83. The van der Waals surface area contributed by atoms with Crippen molar-refractivity contribution in [3.8, 4) is 0 Å². The van der Waals surface area contributed by atoms with Gasteiger partial charge < -0.3 is 0 Å². The summed E-state index contributed by atoms with van der Waals surface area (Å²) in [5, 5.41) is 0. The third-order valence-electron chi connectivity index (χ3n) is 2.55. The maximum absolute atomic E-state index is 13.6. The minimum absolute atomic E-state index is 0.134. The summed E-state index contributed by atoms with van der Waals surface area (Å²) in [6, 6.07) is 6.34. The van der Waals surface area contributed by atoms with Crippen molar-refractivity contribution in [1.82, 2.24) is 4.98 Å². The maximum Gasteiger partial charge on any atom is 0.170 e. The third-order valence-corrected chi connectivity index (χ3v) is 2.98. The molecule has 2 nitrogen and oxygen atoms in total. The molecule has 18 heavy (non-hydrogen) atoms. The zero-order chi connectivity index (χ0) is 13.1. The van der Waals surface area contributed by atoms with Crippen LogP contribution in [0.1, 0.15) is 21.5 Å². The van der Waals surface area contributed by atoms with Gasteiger partial charge >= 0.3 is 0 Å². The van der Waals surface area contributed by atoms with Crippen LogP contribution in [0.5, 0.6) is 0 Å². The Labute approximate surface area is 113 Å². The van der Waals surface area contributed by atoms with E-state index in [0.29, 0.717) is 0 Å². The lowest BCUT2D eigenvalue weighted by Gasteiger charge is -2.04. The molecule has 2 rings (SSSR count). The number of ketones is 1. The molecule has 0 unspecified atom stereocenters. The van der Waals surface area contributed by atoms with Gasteiger partial charge in [-0.3, -0.25) is 9.78 Å². The van der Waals surface area contributed by atoms with Crippen molar-refractivity contribution in [2.24, 2.45) is 0 Å². The van der Waals surface area contributed by atoms with Crippen LogP contribution < -0.4 is 0 Å². The van der Waals surface area contributed by atoms with Crippen molar-refractivity contribution in [3.05, 3.63) is 63.6 Å². The first-order valence-corrected chi connectivity index (χ1v) is 6.24. The lowest BCUT2D eigenvalue weighted by Crippen LogP contribution is -2.06. The highest BCUT2D eigenvalue weighted by atomic mass is 79.9. The highest BCUT2D eigenvalue weighted by Crippen LogP contribution is 2.15. The van der Waals surface area contributed by atoms with Gasteiger partial charge in [0.1, 0.15) is 5.82 Å². The number of hydrogen-bond donors (Lipinski definition) is 0. The van der Waals surface area contributed by atoms with E-state index in [1.165, 1.54) is 6.07 Å². The smallest absolute Gasteiger partial charge is 0.170 e. The van der Waals surface area contributed by atoms with Crippen molar-refractivity contribution in [1.29, 1.82) is 0 Å². The number of benzene rings is 1. The molecule has 1 heterocycles. The van der Waals surface area contributed by atoms with Gasteiger partial charge in [-0.05, 0) is 46.6 Å². The summed E-state index contributed by atoms with van der Waals surface area (Å²) < 4.78 is 14.4. The summed E-state index contributed by atoms with van der Waals surface area (Å²) in [4.78, 5) is 16.0. The summed E-state index contributed by atoms with van der Waals surface area (Å²) in [5.74, 6) is -0.718. The molecule has 0 amide bonds. The van der Waals surface area contributed by atoms with Gasteiger partial charge in [0.2, 0.25) is 0 Å². The van der Waals surface area contributed by atoms with E-state index in [0.717, 1.165) is 15.6 Å². The largest absolute Gasteiger partial charge is 0.294 e. The van der Waals surface area contributed by atoms with E-state index in [4.69, 9.17) is 0 Å². The molecule has 0 spiro atoms. The molecule has 0 radical (unpaired) electrons. The topological polar surface area (TPSA) is 30.0 Å². The number of nitrogens with zero attached hydrogens (tertiary/aromatic N) is 1. The first-order valence-electron chi connectivity index (χ1n) is 5.45. The molecule has 0 aliphatic carbocycles. The zero-order valence-corrected chi connectivity index (χ0v) is 11.4. The van der Waals surface area contributed by atoms with Crippen molar-refractivity contribution >= 4 is 21.7 Å². The molecule has 1 aromatic carbocycles. The minimum Gasteiger partial charge on any atom is -0.294 e. The highest BCUT2D eigenvalue weighted by Gasteiger charge is 2.12. The van der Waals surface area contributed by atoms with Gasteiger partial charge in [0.25, 0.3) is 0 Å². The number of Topliss-reactive ketones (excluding diaryl/α,β-unsaturated/α-hetero) is 1. The Morgan fingerprint density at radius 1 is 1.33 bits per heavy atom. The molecule has 4 heteroatoms.